The number of aliphatic hydroxyl groups excluding tert-OH is 1. The molecule has 0 bridgehead atoms. The number of rotatable bonds is 5. The molecule has 1 aromatic carbocycles. The molecule has 1 N–H and O–H groups in total. The molecule has 0 fully saturated rings. The minimum atomic E-state index is -3.44. The molecule has 0 aliphatic rings. The van der Waals surface area contributed by atoms with Crippen molar-refractivity contribution >= 4 is 18.4 Å². The zero-order chi connectivity index (χ0) is 15.5. The molecular weight excluding hydrogens is 287 g/mol. The zero-order valence-electron chi connectivity index (χ0n) is 12.3. The molecule has 2 aromatic rings. The molecule has 2 rings (SSSR count). The molecule has 21 heavy (non-hydrogen) atoms. The van der Waals surface area contributed by atoms with Crippen LogP contribution < -0.4 is 10.2 Å². The first-order valence-electron chi connectivity index (χ1n) is 6.51. The van der Waals surface area contributed by atoms with Crippen LogP contribution in [-0.4, -0.2) is 31.3 Å². The fourth-order valence-electron chi connectivity index (χ4n) is 2.01. The normalized spacial score (nSPS) is 15.2. The van der Waals surface area contributed by atoms with Crippen molar-refractivity contribution in [2.24, 2.45) is 0 Å². The minimum absolute atomic E-state index is 0.333. The van der Waals surface area contributed by atoms with Gasteiger partial charge >= 0.3 is 0 Å². The van der Waals surface area contributed by atoms with E-state index in [-0.39, 0.29) is 0 Å². The van der Waals surface area contributed by atoms with Gasteiger partial charge in [0.2, 0.25) is 0 Å². The highest BCUT2D eigenvalue weighted by Crippen LogP contribution is 2.56. The number of hydrogen-bond acceptors (Lipinski definition) is 5. The zero-order valence-corrected chi connectivity index (χ0v) is 13.2. The van der Waals surface area contributed by atoms with Gasteiger partial charge in [0, 0.05) is 38.4 Å². The van der Waals surface area contributed by atoms with Gasteiger partial charge in [-0.3, -0.25) is 9.55 Å². The van der Waals surface area contributed by atoms with E-state index in [9.17, 15) is 9.67 Å². The van der Waals surface area contributed by atoms with Crippen molar-refractivity contribution in [2.75, 3.05) is 26.1 Å². The first-order chi connectivity index (χ1) is 9.99. The van der Waals surface area contributed by atoms with Crippen LogP contribution in [-0.2, 0) is 9.09 Å². The Hall–Kier alpha value is -1.68. The van der Waals surface area contributed by atoms with Gasteiger partial charge in [-0.15, -0.1) is 0 Å². The fourth-order valence-corrected chi connectivity index (χ4v) is 3.77. The van der Waals surface area contributed by atoms with Crippen LogP contribution in [0.3, 0.4) is 0 Å². The van der Waals surface area contributed by atoms with Gasteiger partial charge < -0.3 is 14.5 Å². The van der Waals surface area contributed by atoms with Crippen molar-refractivity contribution in [3.05, 3.63) is 54.4 Å². The van der Waals surface area contributed by atoms with Gasteiger partial charge in [-0.25, -0.2) is 0 Å². The Kier molecular flexibility index (Phi) is 4.78. The number of aromatic nitrogens is 1. The highest BCUT2D eigenvalue weighted by Gasteiger charge is 2.36. The second kappa shape index (κ2) is 6.39. The molecule has 0 saturated heterocycles. The second-order valence-electron chi connectivity index (χ2n) is 4.82. The molecule has 0 aliphatic carbocycles. The first kappa shape index (κ1) is 15.7. The molecule has 0 amide bonds. The maximum atomic E-state index is 13.0. The predicted octanol–water partition coefficient (Wildman–Crippen LogP) is 2.39. The standard InChI is InChI=1S/C15H19N2O3P/c1-17(2)12-7-9-13(10-8-12)21(19,20-3)15(18)14-6-4-5-11-16-14/h4-11,15,18H,1-3H3/t15-,21+/m0/s1. The Labute approximate surface area is 124 Å². The van der Waals surface area contributed by atoms with E-state index >= 15 is 0 Å². The average Bonchev–Trinajstić information content (AvgIpc) is 2.54. The lowest BCUT2D eigenvalue weighted by Crippen LogP contribution is -2.15. The summed E-state index contributed by atoms with van der Waals surface area (Å²) in [6.07, 6.45) is 1.55. The van der Waals surface area contributed by atoms with Crippen molar-refractivity contribution in [2.45, 2.75) is 5.85 Å². The Morgan fingerprint density at radius 2 is 1.86 bits per heavy atom. The van der Waals surface area contributed by atoms with E-state index in [1.807, 2.05) is 31.1 Å². The minimum Gasteiger partial charge on any atom is -0.378 e. The summed E-state index contributed by atoms with van der Waals surface area (Å²) in [6.45, 7) is 0. The number of pyridine rings is 1. The van der Waals surface area contributed by atoms with Crippen LogP contribution in [0, 0.1) is 0 Å². The van der Waals surface area contributed by atoms with Gasteiger partial charge in [0.15, 0.2) is 5.85 Å². The van der Waals surface area contributed by atoms with Gasteiger partial charge in [-0.05, 0) is 36.4 Å². The van der Waals surface area contributed by atoms with Crippen LogP contribution in [0.1, 0.15) is 11.5 Å². The highest BCUT2D eigenvalue weighted by atomic mass is 31.2. The Morgan fingerprint density at radius 3 is 2.33 bits per heavy atom. The molecule has 2 atom stereocenters. The number of benzene rings is 1. The van der Waals surface area contributed by atoms with Gasteiger partial charge in [-0.1, -0.05) is 6.07 Å². The Balaban J connectivity index is 2.39. The largest absolute Gasteiger partial charge is 0.378 e. The average molecular weight is 306 g/mol. The van der Waals surface area contributed by atoms with Crippen LogP contribution in [0.5, 0.6) is 0 Å². The summed E-state index contributed by atoms with van der Waals surface area (Å²) in [6, 6.07) is 12.2. The second-order valence-corrected chi connectivity index (χ2v) is 7.38. The highest BCUT2D eigenvalue weighted by molar-refractivity contribution is 7.67. The first-order valence-corrected chi connectivity index (χ1v) is 8.21. The Bertz CT molecular complexity index is 629. The molecule has 0 radical (unpaired) electrons. The molecular formula is C15H19N2O3P. The van der Waals surface area contributed by atoms with Crippen molar-refractivity contribution in [3.8, 4) is 0 Å². The molecule has 112 valence electrons. The van der Waals surface area contributed by atoms with E-state index in [1.54, 1.807) is 36.5 Å². The number of nitrogens with zero attached hydrogens (tertiary/aromatic N) is 2. The molecule has 0 saturated carbocycles. The molecule has 6 heteroatoms. The lowest BCUT2D eigenvalue weighted by molar-refractivity contribution is 0.224. The summed E-state index contributed by atoms with van der Waals surface area (Å²) in [7, 11) is 1.75. The van der Waals surface area contributed by atoms with Gasteiger partial charge in [0.05, 0.1) is 5.69 Å². The van der Waals surface area contributed by atoms with E-state index in [0.717, 1.165) is 5.69 Å². The third-order valence-electron chi connectivity index (χ3n) is 3.27. The summed E-state index contributed by atoms with van der Waals surface area (Å²) in [5.41, 5.74) is 1.31. The van der Waals surface area contributed by atoms with Crippen LogP contribution in [0.2, 0.25) is 0 Å². The van der Waals surface area contributed by atoms with Crippen molar-refractivity contribution < 1.29 is 14.2 Å². The van der Waals surface area contributed by atoms with E-state index in [4.69, 9.17) is 4.52 Å². The molecule has 0 aliphatic heterocycles. The third-order valence-corrected chi connectivity index (χ3v) is 5.74. The van der Waals surface area contributed by atoms with Crippen LogP contribution >= 0.6 is 7.37 Å². The summed E-state index contributed by atoms with van der Waals surface area (Å²) in [5.74, 6) is -1.28. The lowest BCUT2D eigenvalue weighted by Gasteiger charge is -2.22. The molecule has 1 aromatic heterocycles. The summed E-state index contributed by atoms with van der Waals surface area (Å²) in [5, 5.41) is 10.9. The quantitative estimate of drug-likeness (QED) is 0.859. The van der Waals surface area contributed by atoms with Crippen molar-refractivity contribution in [1.29, 1.82) is 0 Å². The van der Waals surface area contributed by atoms with Gasteiger partial charge in [0.1, 0.15) is 0 Å². The van der Waals surface area contributed by atoms with Gasteiger partial charge in [-0.2, -0.15) is 0 Å². The van der Waals surface area contributed by atoms with E-state index in [2.05, 4.69) is 4.98 Å². The van der Waals surface area contributed by atoms with Gasteiger partial charge in [0.25, 0.3) is 7.37 Å². The SMILES string of the molecule is CO[P@](=O)(c1ccc(N(C)C)cc1)[C@H](O)c1ccccn1. The van der Waals surface area contributed by atoms with E-state index < -0.39 is 13.2 Å². The van der Waals surface area contributed by atoms with Crippen LogP contribution in [0.25, 0.3) is 0 Å². The van der Waals surface area contributed by atoms with Crippen molar-refractivity contribution in [1.82, 2.24) is 4.98 Å². The molecule has 5 nitrogen and oxygen atoms in total. The van der Waals surface area contributed by atoms with E-state index in [1.165, 1.54) is 7.11 Å². The molecule has 0 spiro atoms. The maximum absolute atomic E-state index is 13.0. The molecule has 0 unspecified atom stereocenters. The lowest BCUT2D eigenvalue weighted by atomic mass is 10.3. The molecule has 1 heterocycles. The van der Waals surface area contributed by atoms with Crippen molar-refractivity contribution in [3.63, 3.8) is 0 Å². The topological polar surface area (TPSA) is 62.7 Å². The maximum Gasteiger partial charge on any atom is 0.265 e. The summed E-state index contributed by atoms with van der Waals surface area (Å²) >= 11 is 0. The number of anilines is 1. The number of aliphatic hydroxyl groups is 1. The third kappa shape index (κ3) is 3.16. The van der Waals surface area contributed by atoms with Crippen LogP contribution in [0.15, 0.2) is 48.7 Å². The summed E-state index contributed by atoms with van der Waals surface area (Å²) in [4.78, 5) is 5.99. The van der Waals surface area contributed by atoms with E-state index in [0.29, 0.717) is 11.0 Å². The smallest absolute Gasteiger partial charge is 0.265 e. The fraction of sp³-hybridized carbons (Fsp3) is 0.267. The van der Waals surface area contributed by atoms with Crippen LogP contribution in [0.4, 0.5) is 5.69 Å². The summed E-state index contributed by atoms with van der Waals surface area (Å²) < 4.78 is 18.2. The number of hydrogen-bond donors (Lipinski definition) is 1. The Morgan fingerprint density at radius 1 is 1.19 bits per heavy atom. The predicted molar refractivity (Wildman–Crippen MR) is 84.2 cm³/mol. The monoisotopic (exact) mass is 306 g/mol.